The molecule has 0 unspecified atom stereocenters. The number of amides is 1. The molecule has 0 spiro atoms. The molecule has 5 rings (SSSR count). The van der Waals surface area contributed by atoms with Crippen LogP contribution in [0.5, 0.6) is 0 Å². The minimum absolute atomic E-state index is 0.0130. The largest absolute Gasteiger partial charge is 0.469 e. The molecule has 6 nitrogen and oxygen atoms in total. The number of rotatable bonds is 8. The summed E-state index contributed by atoms with van der Waals surface area (Å²) in [5.74, 6) is 1.53. The summed E-state index contributed by atoms with van der Waals surface area (Å²) in [6.07, 6.45) is 3.76. The SMILES string of the molecule is Cc1occc1-c1nnc(S[C@@H](C(=O)NC2CC2)c2ccccc2)n1Cc1ccccc1. The van der Waals surface area contributed by atoms with E-state index < -0.39 is 5.25 Å². The van der Waals surface area contributed by atoms with Crippen LogP contribution in [0.2, 0.25) is 0 Å². The van der Waals surface area contributed by atoms with Gasteiger partial charge >= 0.3 is 0 Å². The van der Waals surface area contributed by atoms with E-state index in [1.54, 1.807) is 6.26 Å². The minimum atomic E-state index is -0.408. The van der Waals surface area contributed by atoms with E-state index in [-0.39, 0.29) is 5.91 Å². The zero-order valence-electron chi connectivity index (χ0n) is 17.8. The molecule has 0 radical (unpaired) electrons. The highest BCUT2D eigenvalue weighted by molar-refractivity contribution is 8.00. The molecule has 32 heavy (non-hydrogen) atoms. The van der Waals surface area contributed by atoms with Gasteiger partial charge in [0, 0.05) is 6.04 Å². The highest BCUT2D eigenvalue weighted by Gasteiger charge is 2.31. The van der Waals surface area contributed by atoms with Gasteiger partial charge in [0.1, 0.15) is 11.0 Å². The van der Waals surface area contributed by atoms with Crippen molar-refractivity contribution >= 4 is 17.7 Å². The van der Waals surface area contributed by atoms with E-state index >= 15 is 0 Å². The Labute approximate surface area is 191 Å². The van der Waals surface area contributed by atoms with Crippen molar-refractivity contribution in [2.45, 2.75) is 42.8 Å². The van der Waals surface area contributed by atoms with Crippen molar-refractivity contribution in [1.29, 1.82) is 0 Å². The molecule has 2 aromatic heterocycles. The molecule has 7 heteroatoms. The fourth-order valence-electron chi connectivity index (χ4n) is 3.61. The van der Waals surface area contributed by atoms with Crippen molar-refractivity contribution in [1.82, 2.24) is 20.1 Å². The Kier molecular flexibility index (Phi) is 5.81. The Morgan fingerprint density at radius 1 is 1.09 bits per heavy atom. The van der Waals surface area contributed by atoms with Gasteiger partial charge < -0.3 is 9.73 Å². The summed E-state index contributed by atoms with van der Waals surface area (Å²) in [6.45, 7) is 2.52. The zero-order chi connectivity index (χ0) is 21.9. The van der Waals surface area contributed by atoms with Crippen molar-refractivity contribution in [2.24, 2.45) is 0 Å². The number of aryl methyl sites for hydroxylation is 1. The monoisotopic (exact) mass is 444 g/mol. The number of furan rings is 1. The number of nitrogens with one attached hydrogen (secondary N) is 1. The number of hydrogen-bond donors (Lipinski definition) is 1. The van der Waals surface area contributed by atoms with E-state index in [2.05, 4.69) is 32.2 Å². The van der Waals surface area contributed by atoms with Crippen molar-refractivity contribution in [2.75, 3.05) is 0 Å². The molecule has 2 aromatic carbocycles. The quantitative estimate of drug-likeness (QED) is 0.387. The Morgan fingerprint density at radius 3 is 2.47 bits per heavy atom. The van der Waals surface area contributed by atoms with Crippen molar-refractivity contribution in [3.63, 3.8) is 0 Å². The highest BCUT2D eigenvalue weighted by Crippen LogP contribution is 2.37. The van der Waals surface area contributed by atoms with Crippen LogP contribution in [0.25, 0.3) is 11.4 Å². The third-order valence-corrected chi connectivity index (χ3v) is 6.72. The van der Waals surface area contributed by atoms with Gasteiger partial charge in [-0.3, -0.25) is 9.36 Å². The predicted molar refractivity (Wildman–Crippen MR) is 124 cm³/mol. The second-order valence-corrected chi connectivity index (χ2v) is 9.03. The normalized spacial score (nSPS) is 14.3. The lowest BCUT2D eigenvalue weighted by atomic mass is 10.1. The Morgan fingerprint density at radius 2 is 1.81 bits per heavy atom. The lowest BCUT2D eigenvalue weighted by Gasteiger charge is -2.17. The molecule has 1 saturated carbocycles. The third kappa shape index (κ3) is 4.48. The number of thioether (sulfide) groups is 1. The predicted octanol–water partition coefficient (Wildman–Crippen LogP) is 5.01. The summed E-state index contributed by atoms with van der Waals surface area (Å²) in [6, 6.07) is 22.3. The standard InChI is InChI=1S/C25H24N4O2S/c1-17-21(14-15-31-17)23-27-28-25(29(23)16-18-8-4-2-5-9-18)32-22(19-10-6-3-7-11-19)24(30)26-20-12-13-20/h2-11,14-15,20,22H,12-13,16H2,1H3,(H,26,30)/t22-/m1/s1. The van der Waals surface area contributed by atoms with Gasteiger partial charge in [-0.25, -0.2) is 0 Å². The summed E-state index contributed by atoms with van der Waals surface area (Å²) in [7, 11) is 0. The number of carbonyl (C=O) groups is 1. The van der Waals surface area contributed by atoms with Gasteiger partial charge in [0.05, 0.1) is 18.4 Å². The maximum absolute atomic E-state index is 13.2. The average Bonchev–Trinajstić information content (AvgIpc) is 3.40. The number of aromatic nitrogens is 3. The molecular formula is C25H24N4O2S. The maximum atomic E-state index is 13.2. The molecule has 1 aliphatic carbocycles. The molecule has 4 aromatic rings. The molecule has 162 valence electrons. The second kappa shape index (κ2) is 9.04. The van der Waals surface area contributed by atoms with Crippen LogP contribution in [0.1, 0.15) is 35.0 Å². The Hall–Kier alpha value is -3.32. The molecule has 1 fully saturated rings. The summed E-state index contributed by atoms with van der Waals surface area (Å²) in [4.78, 5) is 13.2. The number of benzene rings is 2. The summed E-state index contributed by atoms with van der Waals surface area (Å²) < 4.78 is 7.59. The first kappa shape index (κ1) is 20.6. The van der Waals surface area contributed by atoms with Crippen molar-refractivity contribution in [3.05, 3.63) is 89.9 Å². The first-order valence-electron chi connectivity index (χ1n) is 10.7. The molecule has 1 N–H and O–H groups in total. The molecule has 0 saturated heterocycles. The van der Waals surface area contributed by atoms with Crippen molar-refractivity contribution in [3.8, 4) is 11.4 Å². The summed E-state index contributed by atoms with van der Waals surface area (Å²) >= 11 is 1.44. The summed E-state index contributed by atoms with van der Waals surface area (Å²) in [5, 5.41) is 12.4. The van der Waals surface area contributed by atoms with E-state index in [1.165, 1.54) is 11.8 Å². The van der Waals surface area contributed by atoms with Crippen LogP contribution in [0.4, 0.5) is 0 Å². The van der Waals surface area contributed by atoms with Crippen LogP contribution in [0.15, 0.2) is 82.6 Å². The first-order chi connectivity index (χ1) is 15.7. The first-order valence-corrected chi connectivity index (χ1v) is 11.6. The maximum Gasteiger partial charge on any atom is 0.238 e. The lowest BCUT2D eigenvalue weighted by molar-refractivity contribution is -0.120. The molecule has 1 aliphatic rings. The van der Waals surface area contributed by atoms with E-state index in [1.807, 2.05) is 61.5 Å². The van der Waals surface area contributed by atoms with Gasteiger partial charge in [0.15, 0.2) is 11.0 Å². The number of nitrogens with zero attached hydrogens (tertiary/aromatic N) is 3. The van der Waals surface area contributed by atoms with E-state index in [0.717, 1.165) is 41.1 Å². The molecule has 2 heterocycles. The Balaban J connectivity index is 1.53. The summed E-state index contributed by atoms with van der Waals surface area (Å²) in [5.41, 5.74) is 2.99. The topological polar surface area (TPSA) is 72.9 Å². The minimum Gasteiger partial charge on any atom is -0.469 e. The Bertz CT molecular complexity index is 1200. The second-order valence-electron chi connectivity index (χ2n) is 7.96. The van der Waals surface area contributed by atoms with Gasteiger partial charge in [0.2, 0.25) is 5.91 Å². The fourth-order valence-corrected chi connectivity index (χ4v) is 4.66. The molecule has 0 bridgehead atoms. The highest BCUT2D eigenvalue weighted by atomic mass is 32.2. The van der Waals surface area contributed by atoms with E-state index in [4.69, 9.17) is 4.42 Å². The smallest absolute Gasteiger partial charge is 0.238 e. The van der Waals surface area contributed by atoms with E-state index in [0.29, 0.717) is 17.7 Å². The van der Waals surface area contributed by atoms with Gasteiger partial charge in [-0.2, -0.15) is 0 Å². The lowest BCUT2D eigenvalue weighted by Crippen LogP contribution is -2.30. The van der Waals surface area contributed by atoms with Crippen LogP contribution in [-0.4, -0.2) is 26.7 Å². The zero-order valence-corrected chi connectivity index (χ0v) is 18.6. The number of hydrogen-bond acceptors (Lipinski definition) is 5. The number of carbonyl (C=O) groups excluding carboxylic acids is 1. The fraction of sp³-hybridized carbons (Fsp3) is 0.240. The van der Waals surface area contributed by atoms with E-state index in [9.17, 15) is 4.79 Å². The average molecular weight is 445 g/mol. The molecule has 1 atom stereocenters. The van der Waals surface area contributed by atoms with Gasteiger partial charge in [-0.1, -0.05) is 72.4 Å². The van der Waals surface area contributed by atoms with Crippen LogP contribution in [0, 0.1) is 6.92 Å². The van der Waals surface area contributed by atoms with Gasteiger partial charge in [-0.05, 0) is 37.0 Å². The third-order valence-electron chi connectivity index (χ3n) is 5.49. The molecular weight excluding hydrogens is 420 g/mol. The van der Waals surface area contributed by atoms with Crippen LogP contribution >= 0.6 is 11.8 Å². The molecule has 0 aliphatic heterocycles. The van der Waals surface area contributed by atoms with Crippen LogP contribution in [-0.2, 0) is 11.3 Å². The van der Waals surface area contributed by atoms with Gasteiger partial charge in [-0.15, -0.1) is 10.2 Å². The van der Waals surface area contributed by atoms with Gasteiger partial charge in [0.25, 0.3) is 0 Å². The van der Waals surface area contributed by atoms with Crippen LogP contribution < -0.4 is 5.32 Å². The van der Waals surface area contributed by atoms with Crippen molar-refractivity contribution < 1.29 is 9.21 Å². The van der Waals surface area contributed by atoms with Crippen LogP contribution in [0.3, 0.4) is 0 Å². The molecule has 1 amide bonds.